The van der Waals surface area contributed by atoms with E-state index in [1.165, 1.54) is 32.8 Å². The number of esters is 1. The van der Waals surface area contributed by atoms with Crippen molar-refractivity contribution in [1.29, 1.82) is 0 Å². The summed E-state index contributed by atoms with van der Waals surface area (Å²) in [6.07, 6.45) is 5.62. The molecule has 2 aromatic rings. The predicted molar refractivity (Wildman–Crippen MR) is 116 cm³/mol. The summed E-state index contributed by atoms with van der Waals surface area (Å²) in [5.74, 6) is 2.71. The van der Waals surface area contributed by atoms with Crippen LogP contribution in [0.2, 0.25) is 0 Å². The van der Waals surface area contributed by atoms with Crippen molar-refractivity contribution in [2.45, 2.75) is 58.3 Å². The molecule has 0 radical (unpaired) electrons. The normalized spacial score (nSPS) is 17.2. The van der Waals surface area contributed by atoms with Gasteiger partial charge < -0.3 is 19.3 Å². The molecule has 0 heterocycles. The van der Waals surface area contributed by atoms with Crippen molar-refractivity contribution in [3.63, 3.8) is 0 Å². The van der Waals surface area contributed by atoms with Gasteiger partial charge in [0.2, 0.25) is 0 Å². The minimum atomic E-state index is -0.329. The van der Waals surface area contributed by atoms with Gasteiger partial charge in [-0.2, -0.15) is 0 Å². The Labute approximate surface area is 179 Å². The summed E-state index contributed by atoms with van der Waals surface area (Å²) in [6, 6.07) is 14.8. The van der Waals surface area contributed by atoms with Crippen LogP contribution < -0.4 is 9.47 Å². The van der Waals surface area contributed by atoms with Crippen LogP contribution in [-0.2, 0) is 11.3 Å². The van der Waals surface area contributed by atoms with Gasteiger partial charge >= 0.3 is 5.97 Å². The van der Waals surface area contributed by atoms with Gasteiger partial charge in [-0.25, -0.2) is 4.79 Å². The Balaban J connectivity index is 0.000000172. The van der Waals surface area contributed by atoms with Crippen molar-refractivity contribution in [2.75, 3.05) is 7.11 Å². The van der Waals surface area contributed by atoms with E-state index in [1.807, 2.05) is 30.3 Å². The van der Waals surface area contributed by atoms with Crippen LogP contribution in [0.25, 0.3) is 0 Å². The molecule has 5 nitrogen and oxygen atoms in total. The third-order valence-electron chi connectivity index (χ3n) is 5.55. The van der Waals surface area contributed by atoms with Gasteiger partial charge in [-0.3, -0.25) is 0 Å². The lowest BCUT2D eigenvalue weighted by Crippen LogP contribution is -2.14. The third kappa shape index (κ3) is 6.77. The molecule has 1 N–H and O–H groups in total. The van der Waals surface area contributed by atoms with Crippen LogP contribution in [0.5, 0.6) is 11.5 Å². The Morgan fingerprint density at radius 3 is 1.97 bits per heavy atom. The highest BCUT2D eigenvalue weighted by Crippen LogP contribution is 2.35. The molecular weight excluding hydrogens is 380 g/mol. The molecule has 0 bridgehead atoms. The maximum Gasteiger partial charge on any atom is 0.337 e. The Bertz CT molecular complexity index is 826. The predicted octanol–water partition coefficient (Wildman–Crippen LogP) is 5.01. The standard InChI is InChI=1S/C13H16O3.C12H16O2/c1-9(10-6-7-10)16-12-5-3-4-11(8-12)13(14)15-2;1-9(11-5-6-11)14-12-4-2-3-10(7-12)8-13/h3-5,8-10H,6-7H2,1-2H3;2-4,7,9,11,13H,5-6,8H2,1H3. The summed E-state index contributed by atoms with van der Waals surface area (Å²) in [6.45, 7) is 4.26. The number of carbonyl (C=O) groups is 1. The molecule has 162 valence electrons. The molecule has 0 saturated heterocycles. The van der Waals surface area contributed by atoms with E-state index in [2.05, 4.69) is 18.6 Å². The van der Waals surface area contributed by atoms with Crippen molar-refractivity contribution in [2.24, 2.45) is 11.8 Å². The number of carbonyl (C=O) groups excluding carboxylic acids is 1. The molecule has 2 aliphatic carbocycles. The van der Waals surface area contributed by atoms with E-state index in [1.54, 1.807) is 18.2 Å². The second-order valence-corrected chi connectivity index (χ2v) is 8.15. The summed E-state index contributed by atoms with van der Waals surface area (Å²) in [5.41, 5.74) is 1.44. The zero-order valence-electron chi connectivity index (χ0n) is 18.0. The maximum atomic E-state index is 11.3. The van der Waals surface area contributed by atoms with Gasteiger partial charge in [0.05, 0.1) is 31.5 Å². The number of methoxy groups -OCH3 is 1. The molecule has 0 aromatic heterocycles. The van der Waals surface area contributed by atoms with Crippen LogP contribution >= 0.6 is 0 Å². The molecule has 2 aliphatic rings. The third-order valence-corrected chi connectivity index (χ3v) is 5.55. The zero-order chi connectivity index (χ0) is 21.5. The van der Waals surface area contributed by atoms with E-state index in [9.17, 15) is 4.79 Å². The average Bonchev–Trinajstić information content (AvgIpc) is 3.66. The first-order chi connectivity index (χ1) is 14.5. The molecule has 5 heteroatoms. The summed E-state index contributed by atoms with van der Waals surface area (Å²) >= 11 is 0. The lowest BCUT2D eigenvalue weighted by atomic mass is 10.2. The summed E-state index contributed by atoms with van der Waals surface area (Å²) in [7, 11) is 1.38. The lowest BCUT2D eigenvalue weighted by Gasteiger charge is -2.14. The molecular formula is C25H32O5. The lowest BCUT2D eigenvalue weighted by molar-refractivity contribution is 0.0600. The Kier molecular flexibility index (Phi) is 7.75. The van der Waals surface area contributed by atoms with Gasteiger partial charge in [-0.05, 0) is 87.3 Å². The molecule has 2 fully saturated rings. The first-order valence-corrected chi connectivity index (χ1v) is 10.7. The Morgan fingerprint density at radius 1 is 0.933 bits per heavy atom. The number of aliphatic hydroxyl groups is 1. The van der Waals surface area contributed by atoms with Crippen molar-refractivity contribution in [1.82, 2.24) is 0 Å². The molecule has 0 aliphatic heterocycles. The Morgan fingerprint density at radius 2 is 1.47 bits per heavy atom. The second-order valence-electron chi connectivity index (χ2n) is 8.15. The molecule has 0 amide bonds. The first kappa shape index (κ1) is 22.2. The van der Waals surface area contributed by atoms with Gasteiger partial charge in [0.1, 0.15) is 11.5 Å². The fraction of sp³-hybridized carbons (Fsp3) is 0.480. The van der Waals surface area contributed by atoms with Crippen molar-refractivity contribution >= 4 is 5.97 Å². The highest BCUT2D eigenvalue weighted by atomic mass is 16.5. The van der Waals surface area contributed by atoms with Crippen LogP contribution in [-0.4, -0.2) is 30.4 Å². The summed E-state index contributed by atoms with van der Waals surface area (Å²) in [4.78, 5) is 11.3. The van der Waals surface area contributed by atoms with E-state index < -0.39 is 0 Å². The van der Waals surface area contributed by atoms with Crippen LogP contribution in [0.4, 0.5) is 0 Å². The van der Waals surface area contributed by atoms with E-state index in [-0.39, 0.29) is 18.7 Å². The van der Waals surface area contributed by atoms with Gasteiger partial charge in [0.25, 0.3) is 0 Å². The van der Waals surface area contributed by atoms with E-state index in [0.717, 1.165) is 23.0 Å². The fourth-order valence-electron chi connectivity index (χ4n) is 3.28. The van der Waals surface area contributed by atoms with Gasteiger partial charge in [0.15, 0.2) is 0 Å². The van der Waals surface area contributed by atoms with Gasteiger partial charge in [-0.15, -0.1) is 0 Å². The Hall–Kier alpha value is -2.53. The van der Waals surface area contributed by atoms with Crippen molar-refractivity contribution in [3.8, 4) is 11.5 Å². The molecule has 2 unspecified atom stereocenters. The molecule has 2 aromatic carbocycles. The van der Waals surface area contributed by atoms with E-state index in [0.29, 0.717) is 17.6 Å². The van der Waals surface area contributed by atoms with E-state index >= 15 is 0 Å². The largest absolute Gasteiger partial charge is 0.490 e. The number of rotatable bonds is 8. The smallest absolute Gasteiger partial charge is 0.337 e. The number of hydrogen-bond donors (Lipinski definition) is 1. The fourth-order valence-corrected chi connectivity index (χ4v) is 3.28. The van der Waals surface area contributed by atoms with E-state index in [4.69, 9.17) is 14.6 Å². The maximum absolute atomic E-state index is 11.3. The van der Waals surface area contributed by atoms with Gasteiger partial charge in [-0.1, -0.05) is 18.2 Å². The van der Waals surface area contributed by atoms with Crippen LogP contribution in [0, 0.1) is 11.8 Å². The van der Waals surface area contributed by atoms with Crippen molar-refractivity contribution in [3.05, 3.63) is 59.7 Å². The SMILES string of the molecule is CC(Oc1cccc(CO)c1)C1CC1.COC(=O)c1cccc(OC(C)C2CC2)c1. The van der Waals surface area contributed by atoms with Gasteiger partial charge in [0, 0.05) is 0 Å². The van der Waals surface area contributed by atoms with Crippen LogP contribution in [0.15, 0.2) is 48.5 Å². The molecule has 30 heavy (non-hydrogen) atoms. The van der Waals surface area contributed by atoms with Crippen LogP contribution in [0.3, 0.4) is 0 Å². The topological polar surface area (TPSA) is 65.0 Å². The minimum absolute atomic E-state index is 0.0784. The number of aliphatic hydroxyl groups excluding tert-OH is 1. The second kappa shape index (κ2) is 10.5. The quantitative estimate of drug-likeness (QED) is 0.618. The number of benzene rings is 2. The minimum Gasteiger partial charge on any atom is -0.490 e. The van der Waals surface area contributed by atoms with Crippen LogP contribution in [0.1, 0.15) is 55.5 Å². The number of hydrogen-bond acceptors (Lipinski definition) is 5. The zero-order valence-corrected chi connectivity index (χ0v) is 18.0. The molecule has 0 spiro atoms. The molecule has 4 rings (SSSR count). The highest BCUT2D eigenvalue weighted by Gasteiger charge is 2.30. The summed E-state index contributed by atoms with van der Waals surface area (Å²) < 4.78 is 16.2. The molecule has 2 saturated carbocycles. The average molecular weight is 413 g/mol. The summed E-state index contributed by atoms with van der Waals surface area (Å²) in [5, 5.41) is 8.96. The monoisotopic (exact) mass is 412 g/mol. The first-order valence-electron chi connectivity index (χ1n) is 10.7. The number of ether oxygens (including phenoxy) is 3. The molecule has 2 atom stereocenters. The van der Waals surface area contributed by atoms with Crippen molar-refractivity contribution < 1.29 is 24.1 Å². The highest BCUT2D eigenvalue weighted by molar-refractivity contribution is 5.89.